The van der Waals surface area contributed by atoms with Crippen LogP contribution < -0.4 is 10.9 Å². The fourth-order valence-electron chi connectivity index (χ4n) is 2.26. The van der Waals surface area contributed by atoms with Crippen molar-refractivity contribution >= 4 is 56.5 Å². The molecule has 26 heavy (non-hydrogen) atoms. The molecule has 0 saturated heterocycles. The Kier molecular flexibility index (Phi) is 5.55. The second-order valence-corrected chi connectivity index (χ2v) is 8.45. The molecule has 1 atom stereocenters. The van der Waals surface area contributed by atoms with Crippen LogP contribution in [0.15, 0.2) is 34.2 Å². The van der Waals surface area contributed by atoms with Gasteiger partial charge in [0.15, 0.2) is 5.16 Å². The van der Waals surface area contributed by atoms with Crippen LogP contribution in [0.4, 0.5) is 5.69 Å². The van der Waals surface area contributed by atoms with Crippen LogP contribution in [-0.2, 0) is 11.2 Å². The van der Waals surface area contributed by atoms with Gasteiger partial charge in [0.05, 0.1) is 16.3 Å². The van der Waals surface area contributed by atoms with Crippen LogP contribution >= 0.6 is 34.7 Å². The molecule has 136 valence electrons. The lowest BCUT2D eigenvalue weighted by molar-refractivity contribution is -0.115. The third-order valence-corrected chi connectivity index (χ3v) is 6.05. The molecule has 1 unspecified atom stereocenters. The minimum Gasteiger partial charge on any atom is -0.506 e. The first-order chi connectivity index (χ1) is 12.4. The van der Waals surface area contributed by atoms with Gasteiger partial charge in [-0.2, -0.15) is 0 Å². The van der Waals surface area contributed by atoms with Gasteiger partial charge in [-0.15, -0.1) is 11.3 Å². The number of thioether (sulfide) groups is 1. The van der Waals surface area contributed by atoms with E-state index in [1.807, 2.05) is 13.0 Å². The van der Waals surface area contributed by atoms with Crippen molar-refractivity contribution in [3.05, 3.63) is 44.5 Å². The van der Waals surface area contributed by atoms with Crippen LogP contribution in [0.5, 0.6) is 5.75 Å². The monoisotopic (exact) mass is 409 g/mol. The van der Waals surface area contributed by atoms with E-state index >= 15 is 0 Å². The molecule has 0 saturated carbocycles. The molecule has 3 rings (SSSR count). The third-order valence-electron chi connectivity index (χ3n) is 3.65. The van der Waals surface area contributed by atoms with Crippen molar-refractivity contribution in [2.24, 2.45) is 0 Å². The molecule has 0 bridgehead atoms. The summed E-state index contributed by atoms with van der Waals surface area (Å²) >= 11 is 8.49. The quantitative estimate of drug-likeness (QED) is 0.336. The smallest absolute Gasteiger partial charge is 0.260 e. The fraction of sp³-hybridized carbons (Fsp3) is 0.235. The summed E-state index contributed by atoms with van der Waals surface area (Å²) in [6, 6.07) is 6.25. The predicted octanol–water partition coefficient (Wildman–Crippen LogP) is 4.03. The fourth-order valence-corrected chi connectivity index (χ4v) is 4.25. The van der Waals surface area contributed by atoms with E-state index in [9.17, 15) is 14.7 Å². The van der Waals surface area contributed by atoms with Gasteiger partial charge in [-0.05, 0) is 37.6 Å². The van der Waals surface area contributed by atoms with Crippen molar-refractivity contribution in [2.75, 3.05) is 5.32 Å². The number of H-pyrrole nitrogens is 1. The second kappa shape index (κ2) is 7.69. The summed E-state index contributed by atoms with van der Waals surface area (Å²) in [5.74, 6) is -0.408. The van der Waals surface area contributed by atoms with Crippen molar-refractivity contribution < 1.29 is 9.90 Å². The summed E-state index contributed by atoms with van der Waals surface area (Å²) in [5.41, 5.74) is 0.0197. The van der Waals surface area contributed by atoms with E-state index in [2.05, 4.69) is 15.3 Å². The summed E-state index contributed by atoms with van der Waals surface area (Å²) in [6.45, 7) is 3.71. The summed E-state index contributed by atoms with van der Waals surface area (Å²) in [4.78, 5) is 33.5. The molecule has 0 aliphatic carbocycles. The number of phenols is 1. The van der Waals surface area contributed by atoms with Gasteiger partial charge in [0.1, 0.15) is 10.6 Å². The number of thiophene rings is 1. The van der Waals surface area contributed by atoms with E-state index in [4.69, 9.17) is 11.6 Å². The van der Waals surface area contributed by atoms with Gasteiger partial charge in [0, 0.05) is 9.90 Å². The lowest BCUT2D eigenvalue weighted by atomic mass is 10.3. The highest BCUT2D eigenvalue weighted by molar-refractivity contribution is 8.00. The Morgan fingerprint density at radius 2 is 2.23 bits per heavy atom. The van der Waals surface area contributed by atoms with E-state index in [-0.39, 0.29) is 22.9 Å². The van der Waals surface area contributed by atoms with Crippen LogP contribution in [0.25, 0.3) is 10.2 Å². The number of aromatic hydroxyl groups is 1. The summed E-state index contributed by atoms with van der Waals surface area (Å²) in [6.07, 6.45) is 0.838. The topological polar surface area (TPSA) is 95.1 Å². The van der Waals surface area contributed by atoms with E-state index < -0.39 is 5.25 Å². The van der Waals surface area contributed by atoms with Gasteiger partial charge < -0.3 is 15.4 Å². The highest BCUT2D eigenvalue weighted by Crippen LogP contribution is 2.29. The minimum absolute atomic E-state index is 0.0708. The van der Waals surface area contributed by atoms with E-state index in [0.29, 0.717) is 20.4 Å². The maximum Gasteiger partial charge on any atom is 0.260 e. The number of carbonyl (C=O) groups is 1. The number of halogens is 1. The molecule has 0 aliphatic rings. The number of carbonyl (C=O) groups excluding carboxylic acids is 1. The lowest BCUT2D eigenvalue weighted by Gasteiger charge is -2.12. The maximum absolute atomic E-state index is 12.4. The average Bonchev–Trinajstić information content (AvgIpc) is 3.02. The lowest BCUT2D eigenvalue weighted by Crippen LogP contribution is -2.23. The maximum atomic E-state index is 12.4. The summed E-state index contributed by atoms with van der Waals surface area (Å²) in [7, 11) is 0. The first-order valence-corrected chi connectivity index (χ1v) is 9.93. The molecule has 2 aromatic heterocycles. The van der Waals surface area contributed by atoms with Crippen molar-refractivity contribution in [2.45, 2.75) is 30.7 Å². The molecular weight excluding hydrogens is 394 g/mol. The molecule has 3 N–H and O–H groups in total. The number of hydrogen-bond donors (Lipinski definition) is 3. The number of hydrogen-bond acceptors (Lipinski definition) is 6. The Balaban J connectivity index is 1.77. The standard InChI is InChI=1S/C17H16ClN3O3S2/c1-3-10-7-11-15(24)20-17(21-16(11)26-10)25-8(2)14(23)19-12-6-9(18)4-5-13(12)22/h4-8,22H,3H2,1-2H3,(H,19,23)(H,20,21,24). The molecule has 0 radical (unpaired) electrons. The molecule has 3 aromatic rings. The Labute approximate surface area is 162 Å². The van der Waals surface area contributed by atoms with Gasteiger partial charge in [0.2, 0.25) is 5.91 Å². The largest absolute Gasteiger partial charge is 0.506 e. The van der Waals surface area contributed by atoms with Crippen molar-refractivity contribution in [1.82, 2.24) is 9.97 Å². The molecule has 1 amide bonds. The number of aryl methyl sites for hydroxylation is 1. The molecule has 1 aromatic carbocycles. The summed E-state index contributed by atoms with van der Waals surface area (Å²) in [5, 5.41) is 13.2. The number of aromatic amines is 1. The van der Waals surface area contributed by atoms with Gasteiger partial charge >= 0.3 is 0 Å². The normalized spacial score (nSPS) is 12.3. The number of aromatic nitrogens is 2. The Bertz CT molecular complexity index is 1030. The number of benzene rings is 1. The third kappa shape index (κ3) is 4.03. The Morgan fingerprint density at radius 3 is 2.96 bits per heavy atom. The van der Waals surface area contributed by atoms with Gasteiger partial charge in [-0.3, -0.25) is 9.59 Å². The van der Waals surface area contributed by atoms with Crippen LogP contribution in [0.2, 0.25) is 5.02 Å². The van der Waals surface area contributed by atoms with Crippen LogP contribution in [0.3, 0.4) is 0 Å². The molecular formula is C17H16ClN3O3S2. The van der Waals surface area contributed by atoms with Gasteiger partial charge in [0.25, 0.3) is 5.56 Å². The van der Waals surface area contributed by atoms with E-state index in [0.717, 1.165) is 23.1 Å². The Hall–Kier alpha value is -2.03. The second-order valence-electron chi connectivity index (χ2n) is 5.57. The SMILES string of the molecule is CCc1cc2c(=O)[nH]c(SC(C)C(=O)Nc3cc(Cl)ccc3O)nc2s1. The average molecular weight is 410 g/mol. The minimum atomic E-state index is -0.542. The number of nitrogens with one attached hydrogen (secondary N) is 2. The van der Waals surface area contributed by atoms with Crippen LogP contribution in [0, 0.1) is 0 Å². The molecule has 6 nitrogen and oxygen atoms in total. The van der Waals surface area contributed by atoms with Crippen molar-refractivity contribution in [1.29, 1.82) is 0 Å². The molecule has 9 heteroatoms. The zero-order chi connectivity index (χ0) is 18.8. The van der Waals surface area contributed by atoms with Gasteiger partial charge in [-0.25, -0.2) is 4.98 Å². The number of amides is 1. The number of phenolic OH excluding ortho intramolecular Hbond substituents is 1. The predicted molar refractivity (Wildman–Crippen MR) is 107 cm³/mol. The molecule has 0 aliphatic heterocycles. The highest BCUT2D eigenvalue weighted by atomic mass is 35.5. The number of rotatable bonds is 5. The Morgan fingerprint density at radius 1 is 1.46 bits per heavy atom. The summed E-state index contributed by atoms with van der Waals surface area (Å²) < 4.78 is 0. The highest BCUT2D eigenvalue weighted by Gasteiger charge is 2.18. The van der Waals surface area contributed by atoms with Gasteiger partial charge in [-0.1, -0.05) is 30.3 Å². The molecule has 0 fully saturated rings. The van der Waals surface area contributed by atoms with Crippen LogP contribution in [0.1, 0.15) is 18.7 Å². The number of fused-ring (bicyclic) bond motifs is 1. The van der Waals surface area contributed by atoms with E-state index in [1.165, 1.54) is 29.5 Å². The molecule has 0 spiro atoms. The van der Waals surface area contributed by atoms with Crippen LogP contribution in [-0.4, -0.2) is 26.2 Å². The first-order valence-electron chi connectivity index (χ1n) is 7.86. The van der Waals surface area contributed by atoms with E-state index in [1.54, 1.807) is 6.92 Å². The first kappa shape index (κ1) is 18.8. The number of anilines is 1. The van der Waals surface area contributed by atoms with Crippen molar-refractivity contribution in [3.63, 3.8) is 0 Å². The zero-order valence-electron chi connectivity index (χ0n) is 14.0. The van der Waals surface area contributed by atoms with Crippen molar-refractivity contribution in [3.8, 4) is 5.75 Å². The zero-order valence-corrected chi connectivity index (χ0v) is 16.4. The molecule has 2 heterocycles. The number of nitrogens with zero attached hydrogens (tertiary/aromatic N) is 1.